The topological polar surface area (TPSA) is 64.1 Å². The van der Waals surface area contributed by atoms with E-state index in [2.05, 4.69) is 12.1 Å². The van der Waals surface area contributed by atoms with E-state index in [0.29, 0.717) is 5.56 Å². The van der Waals surface area contributed by atoms with E-state index in [1.807, 2.05) is 47.2 Å². The number of hydrogen-bond acceptors (Lipinski definition) is 3. The zero-order chi connectivity index (χ0) is 18.1. The highest BCUT2D eigenvalue weighted by Gasteiger charge is 2.18. The van der Waals surface area contributed by atoms with E-state index < -0.39 is 4.92 Å². The van der Waals surface area contributed by atoms with Gasteiger partial charge in [0.15, 0.2) is 6.20 Å². The van der Waals surface area contributed by atoms with Crippen LogP contribution in [-0.2, 0) is 6.54 Å². The molecule has 3 aromatic carbocycles. The highest BCUT2D eigenvalue weighted by atomic mass is 79.9. The summed E-state index contributed by atoms with van der Waals surface area (Å²) >= 11 is 0. The molecule has 0 saturated heterocycles. The Morgan fingerprint density at radius 2 is 1.70 bits per heavy atom. The number of nitro groups is 1. The molecule has 0 atom stereocenters. The number of hydrogen-bond donors (Lipinski definition) is 0. The zero-order valence-corrected chi connectivity index (χ0v) is 15.8. The van der Waals surface area contributed by atoms with Gasteiger partial charge in [0, 0.05) is 29.8 Å². The molecule has 0 N–H and O–H groups in total. The number of aromatic nitrogens is 1. The Morgan fingerprint density at radius 1 is 0.926 bits per heavy atom. The third kappa shape index (κ3) is 3.57. The van der Waals surface area contributed by atoms with Gasteiger partial charge in [-0.2, -0.15) is 4.57 Å². The first kappa shape index (κ1) is 18.7. The van der Waals surface area contributed by atoms with Crippen molar-refractivity contribution in [3.05, 3.63) is 94.7 Å². The molecule has 134 valence electrons. The molecule has 4 rings (SSSR count). The van der Waals surface area contributed by atoms with Crippen LogP contribution < -0.4 is 21.5 Å². The molecule has 27 heavy (non-hydrogen) atoms. The molecule has 6 heteroatoms. The smallest absolute Gasteiger partial charge is 0.270 e. The summed E-state index contributed by atoms with van der Waals surface area (Å²) in [6.07, 6.45) is 1.85. The summed E-state index contributed by atoms with van der Waals surface area (Å²) in [5, 5.41) is 14.3. The monoisotopic (exact) mass is 422 g/mol. The van der Waals surface area contributed by atoms with E-state index in [9.17, 15) is 14.9 Å². The maximum absolute atomic E-state index is 12.7. The van der Waals surface area contributed by atoms with Gasteiger partial charge in [-0.15, -0.1) is 0 Å². The lowest BCUT2D eigenvalue weighted by Crippen LogP contribution is -3.00. The second-order valence-corrected chi connectivity index (χ2v) is 6.09. The number of carbonyl (C=O) groups excluding carboxylic acids is 1. The maximum atomic E-state index is 12.7. The van der Waals surface area contributed by atoms with Crippen molar-refractivity contribution in [3.63, 3.8) is 0 Å². The molecule has 4 aromatic rings. The van der Waals surface area contributed by atoms with Gasteiger partial charge in [0.05, 0.1) is 10.3 Å². The van der Waals surface area contributed by atoms with Crippen LogP contribution in [0.2, 0.25) is 0 Å². The van der Waals surface area contributed by atoms with Crippen LogP contribution in [-0.4, -0.2) is 10.7 Å². The third-order valence-electron chi connectivity index (χ3n) is 4.48. The van der Waals surface area contributed by atoms with Crippen molar-refractivity contribution < 1.29 is 31.3 Å². The number of nitro benzene ring substituents is 1. The molecular formula is C21H15BrN2O3. The van der Waals surface area contributed by atoms with E-state index >= 15 is 0 Å². The average molecular weight is 423 g/mol. The number of halogens is 1. The highest BCUT2D eigenvalue weighted by Crippen LogP contribution is 2.23. The Bertz CT molecular complexity index is 1170. The van der Waals surface area contributed by atoms with Gasteiger partial charge < -0.3 is 17.0 Å². The average Bonchev–Trinajstić information content (AvgIpc) is 2.68. The largest absolute Gasteiger partial charge is 1.00 e. The summed E-state index contributed by atoms with van der Waals surface area (Å²) in [6, 6.07) is 21.9. The molecule has 0 aliphatic heterocycles. The molecule has 1 aromatic heterocycles. The fraction of sp³-hybridized carbons (Fsp3) is 0.0476. The van der Waals surface area contributed by atoms with E-state index in [1.165, 1.54) is 18.2 Å². The predicted octanol–water partition coefficient (Wildman–Crippen LogP) is 1.08. The van der Waals surface area contributed by atoms with Gasteiger partial charge >= 0.3 is 0 Å². The van der Waals surface area contributed by atoms with Gasteiger partial charge in [0.1, 0.15) is 0 Å². The summed E-state index contributed by atoms with van der Waals surface area (Å²) in [5.74, 6) is -0.167. The number of nitrogens with zero attached hydrogens (tertiary/aromatic N) is 2. The Labute approximate surface area is 165 Å². The van der Waals surface area contributed by atoms with Gasteiger partial charge in [-0.25, -0.2) is 0 Å². The van der Waals surface area contributed by atoms with Crippen molar-refractivity contribution >= 4 is 33.1 Å². The molecule has 0 bridgehead atoms. The van der Waals surface area contributed by atoms with Crippen LogP contribution >= 0.6 is 0 Å². The minimum atomic E-state index is -0.492. The molecule has 0 aliphatic carbocycles. The summed E-state index contributed by atoms with van der Waals surface area (Å²) in [7, 11) is 0. The molecule has 0 radical (unpaired) electrons. The van der Waals surface area contributed by atoms with Crippen molar-refractivity contribution in [2.45, 2.75) is 6.54 Å². The minimum Gasteiger partial charge on any atom is -1.00 e. The fourth-order valence-electron chi connectivity index (χ4n) is 3.21. The Balaban J connectivity index is 0.00000210. The van der Waals surface area contributed by atoms with Crippen LogP contribution in [0.1, 0.15) is 10.4 Å². The van der Waals surface area contributed by atoms with Crippen LogP contribution in [0.4, 0.5) is 5.69 Å². The van der Waals surface area contributed by atoms with Crippen molar-refractivity contribution in [1.29, 1.82) is 0 Å². The van der Waals surface area contributed by atoms with Crippen molar-refractivity contribution in [1.82, 2.24) is 0 Å². The SMILES string of the molecule is O=C(C[n+]1cccc2c3ccccc3ccc21)c1cccc([N+](=O)[O-])c1.[Br-]. The summed E-state index contributed by atoms with van der Waals surface area (Å²) in [5.41, 5.74) is 1.21. The molecule has 0 aliphatic rings. The van der Waals surface area contributed by atoms with Crippen LogP contribution in [0, 0.1) is 10.1 Å². The van der Waals surface area contributed by atoms with Gasteiger partial charge in [-0.1, -0.05) is 36.4 Å². The Morgan fingerprint density at radius 3 is 2.52 bits per heavy atom. The molecule has 0 unspecified atom stereocenters. The number of non-ortho nitro benzene ring substituents is 1. The van der Waals surface area contributed by atoms with Crippen LogP contribution in [0.25, 0.3) is 21.7 Å². The van der Waals surface area contributed by atoms with Crippen molar-refractivity contribution in [3.8, 4) is 0 Å². The van der Waals surface area contributed by atoms with Crippen molar-refractivity contribution in [2.75, 3.05) is 0 Å². The lowest BCUT2D eigenvalue weighted by atomic mass is 10.0. The van der Waals surface area contributed by atoms with Crippen LogP contribution in [0.5, 0.6) is 0 Å². The van der Waals surface area contributed by atoms with Crippen LogP contribution in [0.3, 0.4) is 0 Å². The van der Waals surface area contributed by atoms with Crippen LogP contribution in [0.15, 0.2) is 79.0 Å². The highest BCUT2D eigenvalue weighted by molar-refractivity contribution is 6.05. The summed E-state index contributed by atoms with van der Waals surface area (Å²) in [4.78, 5) is 23.1. The number of fused-ring (bicyclic) bond motifs is 3. The summed E-state index contributed by atoms with van der Waals surface area (Å²) in [6.45, 7) is 0.122. The van der Waals surface area contributed by atoms with E-state index in [4.69, 9.17) is 0 Å². The lowest BCUT2D eigenvalue weighted by molar-refractivity contribution is -0.657. The van der Waals surface area contributed by atoms with E-state index in [-0.39, 0.29) is 35.0 Å². The van der Waals surface area contributed by atoms with Gasteiger partial charge in [-0.3, -0.25) is 14.9 Å². The number of carbonyl (C=O) groups is 1. The number of benzene rings is 3. The van der Waals surface area contributed by atoms with Gasteiger partial charge in [0.25, 0.3) is 5.69 Å². The number of rotatable bonds is 4. The zero-order valence-electron chi connectivity index (χ0n) is 14.2. The van der Waals surface area contributed by atoms with Gasteiger partial charge in [-0.05, 0) is 22.9 Å². The predicted molar refractivity (Wildman–Crippen MR) is 99.1 cm³/mol. The third-order valence-corrected chi connectivity index (χ3v) is 4.48. The first-order valence-corrected chi connectivity index (χ1v) is 8.21. The standard InChI is InChI=1S/C21H15N2O3.BrH/c24-21(16-6-3-7-17(13-16)23(25)26)14-22-12-4-9-19-18-8-2-1-5-15(18)10-11-20(19)22;/h1-13H,14H2;1H/q+1;/p-1. The Kier molecular flexibility index (Phi) is 5.28. The second kappa shape index (κ2) is 7.63. The lowest BCUT2D eigenvalue weighted by Gasteiger charge is -2.04. The van der Waals surface area contributed by atoms with Crippen molar-refractivity contribution in [2.24, 2.45) is 0 Å². The number of pyridine rings is 1. The fourth-order valence-corrected chi connectivity index (χ4v) is 3.21. The minimum absolute atomic E-state index is 0. The molecule has 0 spiro atoms. The first-order valence-electron chi connectivity index (χ1n) is 8.21. The number of Topliss-reactive ketones (excluding diaryl/α,β-unsaturated/α-hetero) is 1. The molecule has 0 fully saturated rings. The number of ketones is 1. The molecule has 5 nitrogen and oxygen atoms in total. The van der Waals surface area contributed by atoms with E-state index in [1.54, 1.807) is 6.07 Å². The molecular weight excluding hydrogens is 408 g/mol. The van der Waals surface area contributed by atoms with Gasteiger partial charge in [0.2, 0.25) is 17.8 Å². The Hall–Kier alpha value is -3.12. The maximum Gasteiger partial charge on any atom is 0.270 e. The normalized spacial score (nSPS) is 10.5. The molecule has 0 amide bonds. The molecule has 1 heterocycles. The molecule has 0 saturated carbocycles. The quantitative estimate of drug-likeness (QED) is 0.162. The first-order chi connectivity index (χ1) is 12.6. The summed E-state index contributed by atoms with van der Waals surface area (Å²) < 4.78 is 1.88. The second-order valence-electron chi connectivity index (χ2n) is 6.09. The van der Waals surface area contributed by atoms with E-state index in [0.717, 1.165) is 21.7 Å².